The van der Waals surface area contributed by atoms with E-state index in [0.717, 1.165) is 21.6 Å². The summed E-state index contributed by atoms with van der Waals surface area (Å²) >= 11 is 3.37. The van der Waals surface area contributed by atoms with Crippen LogP contribution in [0.5, 0.6) is 0 Å². The van der Waals surface area contributed by atoms with E-state index in [2.05, 4.69) is 20.9 Å². The first-order chi connectivity index (χ1) is 8.32. The monoisotopic (exact) mass is 329 g/mol. The number of carbonyl (C=O) groups excluding carboxylic acids is 1. The third-order valence-corrected chi connectivity index (χ3v) is 5.09. The molecule has 1 heterocycles. The summed E-state index contributed by atoms with van der Waals surface area (Å²) in [6.07, 6.45) is 2.62. The van der Waals surface area contributed by atoms with Gasteiger partial charge < -0.3 is 4.98 Å². The number of H-pyrrole nitrogens is 1. The van der Waals surface area contributed by atoms with Gasteiger partial charge in [-0.15, -0.1) is 0 Å². The first-order valence-corrected chi connectivity index (χ1v) is 8.06. The lowest BCUT2D eigenvalue weighted by Crippen LogP contribution is -2.26. The topological polar surface area (TPSA) is 67.0 Å². The second kappa shape index (κ2) is 4.51. The number of ketones is 1. The predicted molar refractivity (Wildman–Crippen MR) is 74.6 cm³/mol. The van der Waals surface area contributed by atoms with Crippen LogP contribution in [-0.2, 0) is 9.84 Å². The number of nitrogens with one attached hydrogen (secondary N) is 1. The van der Waals surface area contributed by atoms with E-state index < -0.39 is 20.9 Å². The summed E-state index contributed by atoms with van der Waals surface area (Å²) in [5.41, 5.74) is 1.20. The molecule has 18 heavy (non-hydrogen) atoms. The van der Waals surface area contributed by atoms with Gasteiger partial charge in [-0.05, 0) is 19.1 Å². The van der Waals surface area contributed by atoms with Crippen molar-refractivity contribution in [2.24, 2.45) is 0 Å². The molecule has 1 aromatic heterocycles. The van der Waals surface area contributed by atoms with Crippen molar-refractivity contribution in [3.05, 3.63) is 34.4 Å². The van der Waals surface area contributed by atoms with Crippen molar-refractivity contribution >= 4 is 42.5 Å². The van der Waals surface area contributed by atoms with Crippen molar-refractivity contribution < 1.29 is 13.2 Å². The van der Waals surface area contributed by atoms with E-state index in [1.807, 2.05) is 18.2 Å². The molecule has 2 rings (SSSR count). The van der Waals surface area contributed by atoms with Gasteiger partial charge in [-0.25, -0.2) is 8.42 Å². The van der Waals surface area contributed by atoms with Crippen molar-refractivity contribution in [1.82, 2.24) is 4.98 Å². The van der Waals surface area contributed by atoms with Gasteiger partial charge in [0.05, 0.1) is 0 Å². The smallest absolute Gasteiger partial charge is 0.182 e. The van der Waals surface area contributed by atoms with E-state index in [4.69, 9.17) is 0 Å². The van der Waals surface area contributed by atoms with Gasteiger partial charge in [0.25, 0.3) is 0 Å². The number of hydrogen-bond donors (Lipinski definition) is 1. The third-order valence-electron chi connectivity index (χ3n) is 2.93. The highest BCUT2D eigenvalue weighted by Crippen LogP contribution is 2.28. The Bertz CT molecular complexity index is 718. The molecule has 0 spiro atoms. The van der Waals surface area contributed by atoms with Gasteiger partial charge in [-0.3, -0.25) is 4.79 Å². The van der Waals surface area contributed by atoms with Gasteiger partial charge in [0.2, 0.25) is 0 Å². The number of hydrogen-bond acceptors (Lipinski definition) is 3. The molecule has 0 fully saturated rings. The Hall–Kier alpha value is -1.14. The maximum Gasteiger partial charge on any atom is 0.182 e. The first kappa shape index (κ1) is 13.3. The number of sulfone groups is 1. The molecular formula is C12H12BrNO3S. The van der Waals surface area contributed by atoms with Crippen LogP contribution in [0.2, 0.25) is 0 Å². The third kappa shape index (κ3) is 2.22. The largest absolute Gasteiger partial charge is 0.360 e. The Morgan fingerprint density at radius 2 is 2.06 bits per heavy atom. The molecule has 2 aromatic rings. The van der Waals surface area contributed by atoms with Gasteiger partial charge in [-0.2, -0.15) is 0 Å². The lowest BCUT2D eigenvalue weighted by atomic mass is 10.1. The molecule has 96 valence electrons. The lowest BCUT2D eigenvalue weighted by molar-refractivity contribution is 0.0993. The lowest BCUT2D eigenvalue weighted by Gasteiger charge is -2.07. The molecule has 0 radical (unpaired) electrons. The van der Waals surface area contributed by atoms with Crippen LogP contribution < -0.4 is 0 Å². The van der Waals surface area contributed by atoms with E-state index in [1.54, 1.807) is 6.20 Å². The number of Topliss-reactive ketones (excluding diaryl/α,β-unsaturated/α-hetero) is 1. The molecule has 0 aliphatic rings. The average molecular weight is 330 g/mol. The van der Waals surface area contributed by atoms with Gasteiger partial charge >= 0.3 is 0 Å². The molecule has 0 aliphatic heterocycles. The highest BCUT2D eigenvalue weighted by atomic mass is 79.9. The Morgan fingerprint density at radius 3 is 2.67 bits per heavy atom. The molecular weight excluding hydrogens is 318 g/mol. The minimum absolute atomic E-state index is 0.393. The van der Waals surface area contributed by atoms with Gasteiger partial charge in [0.1, 0.15) is 5.25 Å². The van der Waals surface area contributed by atoms with Crippen LogP contribution in [0.1, 0.15) is 17.3 Å². The zero-order valence-electron chi connectivity index (χ0n) is 9.90. The Morgan fingerprint density at radius 1 is 1.39 bits per heavy atom. The van der Waals surface area contributed by atoms with Crippen molar-refractivity contribution in [3.63, 3.8) is 0 Å². The van der Waals surface area contributed by atoms with E-state index in [-0.39, 0.29) is 0 Å². The molecule has 6 heteroatoms. The van der Waals surface area contributed by atoms with Crippen LogP contribution in [0.3, 0.4) is 0 Å². The second-order valence-corrected chi connectivity index (χ2v) is 7.42. The number of aromatic amines is 1. The second-order valence-electron chi connectivity index (χ2n) is 4.20. The first-order valence-electron chi connectivity index (χ1n) is 5.31. The number of carbonyl (C=O) groups is 1. The molecule has 1 atom stereocenters. The highest BCUT2D eigenvalue weighted by molar-refractivity contribution is 9.10. The summed E-state index contributed by atoms with van der Waals surface area (Å²) in [4.78, 5) is 15.2. The number of aromatic nitrogens is 1. The molecule has 0 bridgehead atoms. The standard InChI is InChI=1S/C12H12BrNO3S/c1-7(18(2,16)17)12(15)8-6-14-10-5-3-4-9(13)11(8)10/h3-7,14H,1-2H3. The highest BCUT2D eigenvalue weighted by Gasteiger charge is 2.27. The summed E-state index contributed by atoms with van der Waals surface area (Å²) in [5.74, 6) is -0.393. The number of halogens is 1. The minimum Gasteiger partial charge on any atom is -0.360 e. The molecule has 0 aliphatic carbocycles. The van der Waals surface area contributed by atoms with Crippen molar-refractivity contribution in [2.45, 2.75) is 12.2 Å². The Kier molecular flexibility index (Phi) is 3.33. The summed E-state index contributed by atoms with van der Waals surface area (Å²) in [6, 6.07) is 5.50. The number of benzene rings is 1. The van der Waals surface area contributed by atoms with Crippen molar-refractivity contribution in [1.29, 1.82) is 0 Å². The van der Waals surface area contributed by atoms with Crippen LogP contribution in [-0.4, -0.2) is 30.7 Å². The molecule has 1 aromatic carbocycles. The quantitative estimate of drug-likeness (QED) is 0.880. The van der Waals surface area contributed by atoms with Crippen molar-refractivity contribution in [3.8, 4) is 0 Å². The van der Waals surface area contributed by atoms with Crippen LogP contribution in [0.4, 0.5) is 0 Å². The average Bonchev–Trinajstić information content (AvgIpc) is 2.71. The fourth-order valence-electron chi connectivity index (χ4n) is 1.75. The Balaban J connectivity index is 2.59. The van der Waals surface area contributed by atoms with E-state index in [9.17, 15) is 13.2 Å². The number of rotatable bonds is 3. The molecule has 0 amide bonds. The maximum absolute atomic E-state index is 12.2. The molecule has 0 saturated heterocycles. The fraction of sp³-hybridized carbons (Fsp3) is 0.250. The number of fused-ring (bicyclic) bond motifs is 1. The molecule has 0 saturated carbocycles. The maximum atomic E-state index is 12.2. The van der Waals surface area contributed by atoms with Crippen molar-refractivity contribution in [2.75, 3.05) is 6.26 Å². The van der Waals surface area contributed by atoms with E-state index in [1.165, 1.54) is 6.92 Å². The SMILES string of the molecule is CC(C(=O)c1c[nH]c2cccc(Br)c12)S(C)(=O)=O. The van der Waals surface area contributed by atoms with Gasteiger partial charge in [-0.1, -0.05) is 22.0 Å². The normalized spacial score (nSPS) is 13.7. The Labute approximate surface area is 113 Å². The fourth-order valence-corrected chi connectivity index (χ4v) is 2.84. The summed E-state index contributed by atoms with van der Waals surface area (Å²) < 4.78 is 23.7. The summed E-state index contributed by atoms with van der Waals surface area (Å²) in [7, 11) is -3.39. The summed E-state index contributed by atoms with van der Waals surface area (Å²) in [5, 5.41) is -0.318. The van der Waals surface area contributed by atoms with Crippen LogP contribution in [0.15, 0.2) is 28.9 Å². The van der Waals surface area contributed by atoms with Crippen LogP contribution in [0, 0.1) is 0 Å². The minimum atomic E-state index is -3.39. The van der Waals surface area contributed by atoms with Gasteiger partial charge in [0, 0.05) is 33.4 Å². The molecule has 4 nitrogen and oxygen atoms in total. The zero-order chi connectivity index (χ0) is 13.5. The van der Waals surface area contributed by atoms with Crippen LogP contribution >= 0.6 is 15.9 Å². The molecule has 1 unspecified atom stereocenters. The van der Waals surface area contributed by atoms with Crippen LogP contribution in [0.25, 0.3) is 10.9 Å². The predicted octanol–water partition coefficient (Wildman–Crippen LogP) is 2.55. The van der Waals surface area contributed by atoms with Gasteiger partial charge in [0.15, 0.2) is 15.6 Å². The van der Waals surface area contributed by atoms with E-state index >= 15 is 0 Å². The van der Waals surface area contributed by atoms with E-state index in [0.29, 0.717) is 5.56 Å². The zero-order valence-corrected chi connectivity index (χ0v) is 12.3. The molecule has 1 N–H and O–H groups in total. The summed E-state index contributed by atoms with van der Waals surface area (Å²) in [6.45, 7) is 1.41.